The van der Waals surface area contributed by atoms with Gasteiger partial charge in [0.05, 0.1) is 23.4 Å². The van der Waals surface area contributed by atoms with Crippen LogP contribution in [-0.2, 0) is 4.79 Å². The van der Waals surface area contributed by atoms with E-state index < -0.39 is 0 Å². The van der Waals surface area contributed by atoms with Crippen LogP contribution in [0, 0.1) is 5.92 Å². The van der Waals surface area contributed by atoms with Crippen LogP contribution in [0.5, 0.6) is 5.75 Å². The molecule has 0 aromatic heterocycles. The zero-order valence-corrected chi connectivity index (χ0v) is 22.8. The second-order valence-corrected chi connectivity index (χ2v) is 10.3. The molecule has 2 amide bonds. The van der Waals surface area contributed by atoms with Gasteiger partial charge in [0.15, 0.2) is 5.11 Å². The molecule has 0 atom stereocenters. The molecule has 3 aromatic carbocycles. The maximum atomic E-state index is 13.0. The number of amides is 2. The van der Waals surface area contributed by atoms with Gasteiger partial charge in [0.2, 0.25) is 5.91 Å². The molecule has 1 fully saturated rings. The minimum atomic E-state index is -0.368. The number of hydrogen-bond acceptors (Lipinski definition) is 5. The first-order chi connectivity index (χ1) is 17.7. The summed E-state index contributed by atoms with van der Waals surface area (Å²) in [7, 11) is 1.53. The lowest BCUT2D eigenvalue weighted by Gasteiger charge is -2.37. The number of ether oxygens (including phenoxy) is 1. The molecule has 3 aromatic rings. The Labute approximate surface area is 227 Å². The van der Waals surface area contributed by atoms with Crippen LogP contribution in [-0.4, -0.2) is 55.1 Å². The number of nitrogens with one attached hydrogen (secondary N) is 2. The van der Waals surface area contributed by atoms with Gasteiger partial charge in [0, 0.05) is 38.3 Å². The molecule has 37 heavy (non-hydrogen) atoms. The molecule has 7 nitrogen and oxygen atoms in total. The fourth-order valence-electron chi connectivity index (χ4n) is 4.41. The summed E-state index contributed by atoms with van der Waals surface area (Å²) in [4.78, 5) is 29.4. The zero-order valence-electron chi connectivity index (χ0n) is 21.2. The van der Waals surface area contributed by atoms with E-state index in [-0.39, 0.29) is 16.9 Å². The van der Waals surface area contributed by atoms with Gasteiger partial charge >= 0.3 is 0 Å². The molecule has 1 saturated heterocycles. The normalized spacial score (nSPS) is 13.5. The summed E-state index contributed by atoms with van der Waals surface area (Å²) in [5.41, 5.74) is 1.96. The number of nitrogens with zero attached hydrogens (tertiary/aromatic N) is 2. The molecule has 0 bridgehead atoms. The van der Waals surface area contributed by atoms with Crippen LogP contribution in [0.2, 0.25) is 5.02 Å². The number of fused-ring (bicyclic) bond motifs is 1. The second kappa shape index (κ2) is 11.8. The molecule has 2 N–H and O–H groups in total. The highest BCUT2D eigenvalue weighted by atomic mass is 35.5. The predicted molar refractivity (Wildman–Crippen MR) is 154 cm³/mol. The smallest absolute Gasteiger partial charge is 0.261 e. The Morgan fingerprint density at radius 1 is 1.03 bits per heavy atom. The summed E-state index contributed by atoms with van der Waals surface area (Å²) in [6, 6.07) is 16.9. The number of carbonyl (C=O) groups excluding carboxylic acids is 2. The number of anilines is 2. The van der Waals surface area contributed by atoms with E-state index in [0.717, 1.165) is 29.5 Å². The Morgan fingerprint density at radius 2 is 1.70 bits per heavy atom. The Balaban J connectivity index is 1.37. The molecule has 0 saturated carbocycles. The highest BCUT2D eigenvalue weighted by Crippen LogP contribution is 2.30. The largest absolute Gasteiger partial charge is 0.496 e. The monoisotopic (exact) mass is 538 g/mol. The van der Waals surface area contributed by atoms with Crippen molar-refractivity contribution in [1.29, 1.82) is 0 Å². The Bertz CT molecular complexity index is 1320. The van der Waals surface area contributed by atoms with Gasteiger partial charge in [-0.1, -0.05) is 49.7 Å². The first kappa shape index (κ1) is 26.7. The highest BCUT2D eigenvalue weighted by Gasteiger charge is 2.23. The average molecular weight is 539 g/mol. The molecular weight excluding hydrogens is 508 g/mol. The topological polar surface area (TPSA) is 73.9 Å². The summed E-state index contributed by atoms with van der Waals surface area (Å²) >= 11 is 12.0. The number of rotatable bonds is 6. The van der Waals surface area contributed by atoms with E-state index >= 15 is 0 Å². The van der Waals surface area contributed by atoms with Crippen LogP contribution in [0.3, 0.4) is 0 Å². The van der Waals surface area contributed by atoms with Crippen molar-refractivity contribution in [2.45, 2.75) is 20.3 Å². The number of thiocarbonyl (C=S) groups is 1. The van der Waals surface area contributed by atoms with E-state index in [0.29, 0.717) is 47.5 Å². The molecule has 4 rings (SSSR count). The lowest BCUT2D eigenvalue weighted by Crippen LogP contribution is -2.49. The highest BCUT2D eigenvalue weighted by molar-refractivity contribution is 7.80. The third kappa shape index (κ3) is 6.50. The van der Waals surface area contributed by atoms with E-state index in [4.69, 9.17) is 28.6 Å². The summed E-state index contributed by atoms with van der Waals surface area (Å²) in [6.45, 7) is 6.91. The van der Waals surface area contributed by atoms with Gasteiger partial charge in [-0.25, -0.2) is 0 Å². The molecule has 0 aliphatic carbocycles. The molecule has 0 unspecified atom stereocenters. The first-order valence-electron chi connectivity index (χ1n) is 12.3. The second-order valence-electron chi connectivity index (χ2n) is 9.44. The number of piperazine rings is 1. The molecule has 1 heterocycles. The standard InChI is InChI=1S/C28H31ClN4O3S/c1-18(2)14-26(34)33-12-10-32(11-13-33)24-9-8-21(17-23(24)29)30-28(37)31-27(35)22-15-19-6-4-5-7-20(19)16-25(22)36-3/h4-9,15-18H,10-14H2,1-3H3,(H2,30,31,35,37). The van der Waals surface area contributed by atoms with Crippen LogP contribution in [0.15, 0.2) is 54.6 Å². The van der Waals surface area contributed by atoms with Crippen molar-refractivity contribution in [3.63, 3.8) is 0 Å². The van der Waals surface area contributed by atoms with Gasteiger partial charge in [-0.05, 0) is 59.2 Å². The first-order valence-corrected chi connectivity index (χ1v) is 13.0. The number of hydrogen-bond donors (Lipinski definition) is 2. The molecule has 1 aliphatic rings. The molecule has 0 radical (unpaired) electrons. The van der Waals surface area contributed by atoms with Crippen molar-refractivity contribution < 1.29 is 14.3 Å². The van der Waals surface area contributed by atoms with E-state index in [9.17, 15) is 9.59 Å². The van der Waals surface area contributed by atoms with Gasteiger partial charge in [-0.2, -0.15) is 0 Å². The van der Waals surface area contributed by atoms with Crippen LogP contribution < -0.4 is 20.3 Å². The quantitative estimate of drug-likeness (QED) is 0.414. The number of carbonyl (C=O) groups is 2. The van der Waals surface area contributed by atoms with Crippen molar-refractivity contribution >= 4 is 62.9 Å². The lowest BCUT2D eigenvalue weighted by atomic mass is 10.1. The van der Waals surface area contributed by atoms with Gasteiger partial charge in [0.25, 0.3) is 5.91 Å². The fourth-order valence-corrected chi connectivity index (χ4v) is 4.93. The van der Waals surface area contributed by atoms with Gasteiger partial charge < -0.3 is 19.9 Å². The molecular formula is C28H31ClN4O3S. The van der Waals surface area contributed by atoms with Crippen molar-refractivity contribution in [2.24, 2.45) is 5.92 Å². The minimum Gasteiger partial charge on any atom is -0.496 e. The Hall–Kier alpha value is -3.36. The van der Waals surface area contributed by atoms with Crippen molar-refractivity contribution in [1.82, 2.24) is 10.2 Å². The molecule has 194 valence electrons. The van der Waals surface area contributed by atoms with Crippen molar-refractivity contribution in [3.05, 3.63) is 65.2 Å². The minimum absolute atomic E-state index is 0.154. The Morgan fingerprint density at radius 3 is 2.32 bits per heavy atom. The molecule has 0 spiro atoms. The SMILES string of the molecule is COc1cc2ccccc2cc1C(=O)NC(=S)Nc1ccc(N2CCN(C(=O)CC(C)C)CC2)c(Cl)c1. The molecule has 9 heteroatoms. The van der Waals surface area contributed by atoms with Crippen molar-refractivity contribution in [3.8, 4) is 5.75 Å². The number of halogens is 1. The maximum Gasteiger partial charge on any atom is 0.261 e. The third-order valence-corrected chi connectivity index (χ3v) is 6.81. The Kier molecular flexibility index (Phi) is 8.51. The number of methoxy groups -OCH3 is 1. The zero-order chi connectivity index (χ0) is 26.5. The predicted octanol–water partition coefficient (Wildman–Crippen LogP) is 5.32. The van der Waals surface area contributed by atoms with Crippen LogP contribution in [0.25, 0.3) is 10.8 Å². The summed E-state index contributed by atoms with van der Waals surface area (Å²) in [5.74, 6) is 0.660. The van der Waals surface area contributed by atoms with Gasteiger partial charge in [0.1, 0.15) is 5.75 Å². The molecule has 1 aliphatic heterocycles. The number of benzene rings is 3. The van der Waals surface area contributed by atoms with E-state index in [1.54, 1.807) is 12.1 Å². The van der Waals surface area contributed by atoms with Crippen LogP contribution in [0.1, 0.15) is 30.6 Å². The van der Waals surface area contributed by atoms with Crippen LogP contribution in [0.4, 0.5) is 11.4 Å². The summed E-state index contributed by atoms with van der Waals surface area (Å²) < 4.78 is 5.43. The van der Waals surface area contributed by atoms with Gasteiger partial charge in [-0.15, -0.1) is 0 Å². The van der Waals surface area contributed by atoms with Gasteiger partial charge in [-0.3, -0.25) is 14.9 Å². The maximum absolute atomic E-state index is 13.0. The third-order valence-electron chi connectivity index (χ3n) is 6.30. The lowest BCUT2D eigenvalue weighted by molar-refractivity contribution is -0.132. The van der Waals surface area contributed by atoms with Crippen LogP contribution >= 0.6 is 23.8 Å². The fraction of sp³-hybridized carbons (Fsp3) is 0.321. The van der Waals surface area contributed by atoms with Crippen molar-refractivity contribution in [2.75, 3.05) is 43.5 Å². The summed E-state index contributed by atoms with van der Waals surface area (Å²) in [5, 5.41) is 8.38. The summed E-state index contributed by atoms with van der Waals surface area (Å²) in [6.07, 6.45) is 0.575. The average Bonchev–Trinajstić information content (AvgIpc) is 2.87. The van der Waals surface area contributed by atoms with E-state index in [2.05, 4.69) is 29.4 Å². The van der Waals surface area contributed by atoms with E-state index in [1.807, 2.05) is 47.4 Å². The van der Waals surface area contributed by atoms with E-state index in [1.165, 1.54) is 7.11 Å².